The Kier molecular flexibility index (Phi) is 5.04. The highest BCUT2D eigenvalue weighted by molar-refractivity contribution is 5.96. The molecule has 0 aliphatic heterocycles. The third-order valence-electron chi connectivity index (χ3n) is 5.68. The van der Waals surface area contributed by atoms with Crippen molar-refractivity contribution in [1.29, 1.82) is 0 Å². The molecule has 0 saturated heterocycles. The molecule has 1 heterocycles. The van der Waals surface area contributed by atoms with Crippen molar-refractivity contribution in [2.45, 2.75) is 64.5 Å². The number of carbonyl (C=O) groups is 1. The summed E-state index contributed by atoms with van der Waals surface area (Å²) in [6, 6.07) is 0.227. The van der Waals surface area contributed by atoms with E-state index in [-0.39, 0.29) is 35.0 Å². The maximum atomic E-state index is 13.1. The normalized spacial score (nSPS) is 24.8. The number of nitrogens with zero attached hydrogens (tertiary/aromatic N) is 3. The molecular formula is C18H28N4O2. The van der Waals surface area contributed by atoms with E-state index in [1.54, 1.807) is 0 Å². The Balaban J connectivity index is 1.86. The molecule has 0 radical (unpaired) electrons. The first kappa shape index (κ1) is 17.1. The summed E-state index contributed by atoms with van der Waals surface area (Å²) >= 11 is 0. The molecule has 0 aromatic carbocycles. The fourth-order valence-corrected chi connectivity index (χ4v) is 4.58. The van der Waals surface area contributed by atoms with Crippen LogP contribution < -0.4 is 5.73 Å². The molecular weight excluding hydrogens is 304 g/mol. The van der Waals surface area contributed by atoms with Crippen molar-refractivity contribution in [2.75, 3.05) is 18.9 Å². The summed E-state index contributed by atoms with van der Waals surface area (Å²) in [5.74, 6) is 0.124. The van der Waals surface area contributed by atoms with Crippen LogP contribution in [0.3, 0.4) is 0 Å². The van der Waals surface area contributed by atoms with Gasteiger partial charge in [0.2, 0.25) is 0 Å². The number of nitrogen functional groups attached to an aromatic ring is 1. The standard InChI is InChI=1S/C18H28N4O2/c1-3-11-22(17(23)15-16(19)21-10-9-20-15)13-12-14(24-4-2)18(13)7-5-6-8-18/h9-10,13-14H,3-8,11-12H2,1-2H3,(H2,19,21)/t13-,14-/m0/s1. The van der Waals surface area contributed by atoms with E-state index in [2.05, 4.69) is 16.9 Å². The zero-order valence-corrected chi connectivity index (χ0v) is 14.7. The fourth-order valence-electron chi connectivity index (χ4n) is 4.58. The fraction of sp³-hybridized carbons (Fsp3) is 0.722. The topological polar surface area (TPSA) is 81.3 Å². The molecule has 3 rings (SSSR count). The van der Waals surface area contributed by atoms with Crippen LogP contribution in [0.25, 0.3) is 0 Å². The number of hydrogen-bond donors (Lipinski definition) is 1. The van der Waals surface area contributed by atoms with Gasteiger partial charge in [-0.15, -0.1) is 0 Å². The average molecular weight is 332 g/mol. The lowest BCUT2D eigenvalue weighted by Crippen LogP contribution is -2.65. The summed E-state index contributed by atoms with van der Waals surface area (Å²) in [5, 5.41) is 0. The molecule has 6 heteroatoms. The Labute approximate surface area is 143 Å². The van der Waals surface area contributed by atoms with Crippen LogP contribution >= 0.6 is 0 Å². The van der Waals surface area contributed by atoms with Crippen molar-refractivity contribution < 1.29 is 9.53 Å². The van der Waals surface area contributed by atoms with Crippen LogP contribution in [0, 0.1) is 5.41 Å². The van der Waals surface area contributed by atoms with Crippen LogP contribution in [0.2, 0.25) is 0 Å². The first-order chi connectivity index (χ1) is 11.6. The first-order valence-electron chi connectivity index (χ1n) is 9.13. The number of aromatic nitrogens is 2. The molecule has 2 N–H and O–H groups in total. The van der Waals surface area contributed by atoms with Gasteiger partial charge < -0.3 is 15.4 Å². The molecule has 1 aromatic rings. The van der Waals surface area contributed by atoms with E-state index < -0.39 is 0 Å². The minimum Gasteiger partial charge on any atom is -0.382 e. The van der Waals surface area contributed by atoms with Gasteiger partial charge in [0, 0.05) is 37.0 Å². The van der Waals surface area contributed by atoms with Gasteiger partial charge in [0.05, 0.1) is 6.10 Å². The lowest BCUT2D eigenvalue weighted by atomic mass is 9.59. The van der Waals surface area contributed by atoms with Crippen LogP contribution in [0.5, 0.6) is 0 Å². The van der Waals surface area contributed by atoms with Gasteiger partial charge in [0.1, 0.15) is 0 Å². The Hall–Kier alpha value is -1.69. The number of anilines is 1. The number of rotatable bonds is 6. The smallest absolute Gasteiger partial charge is 0.276 e. The van der Waals surface area contributed by atoms with Gasteiger partial charge in [-0.25, -0.2) is 9.97 Å². The van der Waals surface area contributed by atoms with Gasteiger partial charge >= 0.3 is 0 Å². The summed E-state index contributed by atoms with van der Waals surface area (Å²) in [6.45, 7) is 5.60. The second kappa shape index (κ2) is 7.05. The number of ether oxygens (including phenoxy) is 1. The highest BCUT2D eigenvalue weighted by Crippen LogP contribution is 2.56. The van der Waals surface area contributed by atoms with Crippen molar-refractivity contribution in [3.8, 4) is 0 Å². The minimum absolute atomic E-state index is 0.0892. The molecule has 0 unspecified atom stereocenters. The molecule has 2 aliphatic carbocycles. The van der Waals surface area contributed by atoms with E-state index in [1.807, 2.05) is 11.8 Å². The highest BCUT2D eigenvalue weighted by Gasteiger charge is 2.59. The number of nitrogens with two attached hydrogens (primary N) is 1. The highest BCUT2D eigenvalue weighted by atomic mass is 16.5. The van der Waals surface area contributed by atoms with Crippen molar-refractivity contribution in [3.05, 3.63) is 18.1 Å². The molecule has 2 fully saturated rings. The third kappa shape index (κ3) is 2.77. The van der Waals surface area contributed by atoms with Gasteiger partial charge in [-0.05, 0) is 32.6 Å². The van der Waals surface area contributed by atoms with E-state index in [0.717, 1.165) is 38.8 Å². The zero-order chi connectivity index (χ0) is 17.2. The first-order valence-corrected chi connectivity index (χ1v) is 9.13. The second-order valence-corrected chi connectivity index (χ2v) is 6.92. The van der Waals surface area contributed by atoms with E-state index in [0.29, 0.717) is 0 Å². The van der Waals surface area contributed by atoms with Crippen molar-refractivity contribution >= 4 is 11.7 Å². The number of hydrogen-bond acceptors (Lipinski definition) is 5. The van der Waals surface area contributed by atoms with E-state index in [1.165, 1.54) is 25.2 Å². The van der Waals surface area contributed by atoms with Crippen LogP contribution in [-0.4, -0.2) is 46.1 Å². The van der Waals surface area contributed by atoms with E-state index in [4.69, 9.17) is 10.5 Å². The van der Waals surface area contributed by atoms with Crippen LogP contribution in [0.4, 0.5) is 5.82 Å². The number of amides is 1. The van der Waals surface area contributed by atoms with Gasteiger partial charge in [-0.3, -0.25) is 4.79 Å². The average Bonchev–Trinajstić information content (AvgIpc) is 3.09. The van der Waals surface area contributed by atoms with Gasteiger partial charge in [-0.2, -0.15) is 0 Å². The minimum atomic E-state index is -0.0892. The Bertz CT molecular complexity index is 586. The predicted molar refractivity (Wildman–Crippen MR) is 92.5 cm³/mol. The van der Waals surface area contributed by atoms with Crippen LogP contribution in [0.15, 0.2) is 12.4 Å². The number of carbonyl (C=O) groups excluding carboxylic acids is 1. The van der Waals surface area contributed by atoms with E-state index in [9.17, 15) is 4.79 Å². The molecule has 132 valence electrons. The van der Waals surface area contributed by atoms with Crippen molar-refractivity contribution in [3.63, 3.8) is 0 Å². The summed E-state index contributed by atoms with van der Waals surface area (Å²) in [7, 11) is 0. The molecule has 1 amide bonds. The lowest BCUT2D eigenvalue weighted by Gasteiger charge is -2.57. The van der Waals surface area contributed by atoms with E-state index >= 15 is 0 Å². The summed E-state index contributed by atoms with van der Waals surface area (Å²) in [6.07, 6.45) is 9.89. The van der Waals surface area contributed by atoms with Crippen LogP contribution in [0.1, 0.15) is 62.9 Å². The maximum absolute atomic E-state index is 13.1. The summed E-state index contributed by atoms with van der Waals surface area (Å²) in [5.41, 5.74) is 6.29. The monoisotopic (exact) mass is 332 g/mol. The van der Waals surface area contributed by atoms with Crippen LogP contribution in [-0.2, 0) is 4.74 Å². The Morgan fingerprint density at radius 1 is 1.33 bits per heavy atom. The quantitative estimate of drug-likeness (QED) is 0.866. The molecule has 0 bridgehead atoms. The van der Waals surface area contributed by atoms with Crippen molar-refractivity contribution in [1.82, 2.24) is 14.9 Å². The third-order valence-corrected chi connectivity index (χ3v) is 5.68. The second-order valence-electron chi connectivity index (χ2n) is 6.92. The Morgan fingerprint density at radius 3 is 2.67 bits per heavy atom. The molecule has 2 aliphatic rings. The Morgan fingerprint density at radius 2 is 2.04 bits per heavy atom. The summed E-state index contributed by atoms with van der Waals surface area (Å²) < 4.78 is 5.99. The molecule has 6 nitrogen and oxygen atoms in total. The molecule has 2 atom stereocenters. The largest absolute Gasteiger partial charge is 0.382 e. The van der Waals surface area contributed by atoms with Crippen molar-refractivity contribution in [2.24, 2.45) is 5.41 Å². The van der Waals surface area contributed by atoms with Gasteiger partial charge in [0.25, 0.3) is 5.91 Å². The molecule has 2 saturated carbocycles. The summed E-state index contributed by atoms with van der Waals surface area (Å²) in [4.78, 5) is 23.3. The predicted octanol–water partition coefficient (Wildman–Crippen LogP) is 2.65. The van der Waals surface area contributed by atoms with Gasteiger partial charge in [-0.1, -0.05) is 19.8 Å². The molecule has 1 spiro atoms. The maximum Gasteiger partial charge on any atom is 0.276 e. The lowest BCUT2D eigenvalue weighted by molar-refractivity contribution is -0.156. The molecule has 24 heavy (non-hydrogen) atoms. The van der Waals surface area contributed by atoms with Gasteiger partial charge in [0.15, 0.2) is 11.5 Å². The molecule has 1 aromatic heterocycles. The SMILES string of the molecule is CCCN(C(=O)c1nccnc1N)[C@H]1C[C@H](OCC)C12CCCC2. The zero-order valence-electron chi connectivity index (χ0n) is 14.7.